The van der Waals surface area contributed by atoms with Gasteiger partial charge in [0.25, 0.3) is 0 Å². The van der Waals surface area contributed by atoms with Crippen molar-refractivity contribution in [1.82, 2.24) is 9.36 Å². The van der Waals surface area contributed by atoms with Crippen molar-refractivity contribution >= 4 is 45.3 Å². The lowest BCUT2D eigenvalue weighted by Crippen LogP contribution is -1.96. The van der Waals surface area contributed by atoms with Crippen molar-refractivity contribution in [2.75, 3.05) is 19.0 Å². The van der Waals surface area contributed by atoms with Crippen LogP contribution in [0.25, 0.3) is 0 Å². The lowest BCUT2D eigenvalue weighted by Gasteiger charge is -1.97. The predicted molar refractivity (Wildman–Crippen MR) is 68.1 cm³/mol. The molecule has 0 saturated heterocycles. The van der Waals surface area contributed by atoms with Crippen LogP contribution in [0.15, 0.2) is 11.4 Å². The fourth-order valence-corrected chi connectivity index (χ4v) is 2.56. The highest BCUT2D eigenvalue weighted by Crippen LogP contribution is 2.30. The van der Waals surface area contributed by atoms with E-state index in [-0.39, 0.29) is 0 Å². The fraction of sp³-hybridized carbons (Fsp3) is 0.333. The molecule has 0 bridgehead atoms. The Hall–Kier alpha value is -0.690. The van der Waals surface area contributed by atoms with Gasteiger partial charge < -0.3 is 10.1 Å². The Morgan fingerprint density at radius 1 is 1.56 bits per heavy atom. The van der Waals surface area contributed by atoms with Crippen LogP contribution in [-0.2, 0) is 11.2 Å². The number of nitrogens with zero attached hydrogens (tertiary/aromatic N) is 2. The molecular weight excluding hydrogens is 266 g/mol. The predicted octanol–water partition coefficient (Wildman–Crippen LogP) is 3.19. The van der Waals surface area contributed by atoms with E-state index >= 15 is 0 Å². The van der Waals surface area contributed by atoms with Gasteiger partial charge >= 0.3 is 0 Å². The van der Waals surface area contributed by atoms with E-state index in [2.05, 4.69) is 14.7 Å². The van der Waals surface area contributed by atoms with E-state index in [1.165, 1.54) is 22.9 Å². The van der Waals surface area contributed by atoms with Crippen LogP contribution in [0.1, 0.15) is 5.82 Å². The number of hydrogen-bond donors (Lipinski definition) is 1. The Bertz CT molecular complexity index is 457. The zero-order valence-corrected chi connectivity index (χ0v) is 11.0. The van der Waals surface area contributed by atoms with Gasteiger partial charge in [-0.3, -0.25) is 0 Å². The van der Waals surface area contributed by atoms with Crippen molar-refractivity contribution in [2.24, 2.45) is 0 Å². The first-order chi connectivity index (χ1) is 7.79. The van der Waals surface area contributed by atoms with Crippen molar-refractivity contribution < 1.29 is 4.74 Å². The maximum Gasteiger partial charge on any atom is 0.207 e. The summed E-state index contributed by atoms with van der Waals surface area (Å²) in [7, 11) is 1.66. The van der Waals surface area contributed by atoms with Gasteiger partial charge in [-0.25, -0.2) is 4.98 Å². The molecule has 0 aliphatic heterocycles. The summed E-state index contributed by atoms with van der Waals surface area (Å²) in [6, 6.07) is 1.92. The second-order valence-corrected chi connectivity index (χ2v) is 5.26. The summed E-state index contributed by atoms with van der Waals surface area (Å²) in [5.74, 6) is 0.792. The highest BCUT2D eigenvalue weighted by atomic mass is 35.5. The summed E-state index contributed by atoms with van der Waals surface area (Å²) in [6.07, 6.45) is 0.728. The van der Waals surface area contributed by atoms with Crippen LogP contribution < -0.4 is 5.32 Å². The van der Waals surface area contributed by atoms with Crippen LogP contribution >= 0.6 is 34.5 Å². The molecule has 2 aromatic heterocycles. The molecular formula is C9H10ClN3OS2. The van der Waals surface area contributed by atoms with Gasteiger partial charge in [-0.15, -0.1) is 11.3 Å². The molecule has 0 saturated carbocycles. The van der Waals surface area contributed by atoms with Crippen molar-refractivity contribution in [3.63, 3.8) is 0 Å². The average Bonchev–Trinajstić information content (AvgIpc) is 2.87. The fourth-order valence-electron chi connectivity index (χ4n) is 1.10. The van der Waals surface area contributed by atoms with Gasteiger partial charge in [-0.1, -0.05) is 11.6 Å². The first-order valence-electron chi connectivity index (χ1n) is 4.61. The summed E-state index contributed by atoms with van der Waals surface area (Å²) in [5.41, 5.74) is 0.876. The first kappa shape index (κ1) is 11.8. The van der Waals surface area contributed by atoms with Crippen LogP contribution in [0.2, 0.25) is 4.34 Å². The molecule has 0 atom stereocenters. The molecule has 0 aliphatic carbocycles. The number of nitrogens with one attached hydrogen (secondary N) is 1. The molecule has 0 aromatic carbocycles. The first-order valence-corrected chi connectivity index (χ1v) is 6.64. The van der Waals surface area contributed by atoms with Gasteiger partial charge in [-0.05, 0) is 11.4 Å². The number of rotatable bonds is 5. The summed E-state index contributed by atoms with van der Waals surface area (Å²) in [5, 5.41) is 5.82. The third-order valence-corrected chi connectivity index (χ3v) is 3.70. The molecule has 2 heterocycles. The van der Waals surface area contributed by atoms with Crippen molar-refractivity contribution in [1.29, 1.82) is 0 Å². The third kappa shape index (κ3) is 2.91. The SMILES string of the molecule is COCCc1nsc(Nc2ccsc2Cl)n1. The molecule has 0 unspecified atom stereocenters. The lowest BCUT2D eigenvalue weighted by molar-refractivity contribution is 0.201. The zero-order chi connectivity index (χ0) is 11.4. The standard InChI is InChI=1S/C9H10ClN3OS2/c1-14-4-2-7-12-9(16-13-7)11-6-3-5-15-8(6)10/h3,5H,2,4H2,1H3,(H,11,12,13). The van der Waals surface area contributed by atoms with Crippen LogP contribution in [0, 0.1) is 0 Å². The maximum atomic E-state index is 5.97. The Kier molecular flexibility index (Phi) is 4.11. The van der Waals surface area contributed by atoms with Gasteiger partial charge in [0, 0.05) is 25.1 Å². The average molecular weight is 276 g/mol. The molecule has 0 radical (unpaired) electrons. The molecule has 2 aromatic rings. The molecule has 1 N–H and O–H groups in total. The van der Waals surface area contributed by atoms with E-state index in [4.69, 9.17) is 16.3 Å². The van der Waals surface area contributed by atoms with Gasteiger partial charge in [0.05, 0.1) is 12.3 Å². The molecule has 0 amide bonds. The summed E-state index contributed by atoms with van der Waals surface area (Å²) >= 11 is 8.78. The van der Waals surface area contributed by atoms with E-state index in [0.717, 1.165) is 27.4 Å². The minimum absolute atomic E-state index is 0.634. The summed E-state index contributed by atoms with van der Waals surface area (Å²) in [6.45, 7) is 0.634. The third-order valence-electron chi connectivity index (χ3n) is 1.86. The molecule has 4 nitrogen and oxygen atoms in total. The van der Waals surface area contributed by atoms with E-state index in [0.29, 0.717) is 6.61 Å². The zero-order valence-electron chi connectivity index (χ0n) is 8.57. The summed E-state index contributed by atoms with van der Waals surface area (Å²) in [4.78, 5) is 4.33. The molecule has 86 valence electrons. The number of aromatic nitrogens is 2. The second-order valence-electron chi connectivity index (χ2n) is 2.99. The van der Waals surface area contributed by atoms with Crippen LogP contribution in [-0.4, -0.2) is 23.1 Å². The molecule has 7 heteroatoms. The van der Waals surface area contributed by atoms with Gasteiger partial charge in [0.1, 0.15) is 10.2 Å². The van der Waals surface area contributed by atoms with Crippen LogP contribution in [0.3, 0.4) is 0 Å². The van der Waals surface area contributed by atoms with Gasteiger partial charge in [-0.2, -0.15) is 4.37 Å². The topological polar surface area (TPSA) is 47.0 Å². The van der Waals surface area contributed by atoms with Crippen LogP contribution in [0.4, 0.5) is 10.8 Å². The molecule has 0 aliphatic rings. The normalized spacial score (nSPS) is 10.6. The Balaban J connectivity index is 2.00. The number of anilines is 2. The van der Waals surface area contributed by atoms with Crippen molar-refractivity contribution in [3.8, 4) is 0 Å². The maximum absolute atomic E-state index is 5.97. The van der Waals surface area contributed by atoms with Crippen LogP contribution in [0.5, 0.6) is 0 Å². The van der Waals surface area contributed by atoms with Crippen molar-refractivity contribution in [3.05, 3.63) is 21.6 Å². The monoisotopic (exact) mass is 275 g/mol. The smallest absolute Gasteiger partial charge is 0.207 e. The molecule has 0 spiro atoms. The second kappa shape index (κ2) is 5.58. The highest BCUT2D eigenvalue weighted by Gasteiger charge is 2.06. The number of methoxy groups -OCH3 is 1. The molecule has 16 heavy (non-hydrogen) atoms. The van der Waals surface area contributed by atoms with Crippen molar-refractivity contribution in [2.45, 2.75) is 6.42 Å². The Labute approximate surface area is 106 Å². The highest BCUT2D eigenvalue weighted by molar-refractivity contribution is 7.15. The number of hydrogen-bond acceptors (Lipinski definition) is 6. The minimum atomic E-state index is 0.634. The minimum Gasteiger partial charge on any atom is -0.384 e. The van der Waals surface area contributed by atoms with E-state index in [9.17, 15) is 0 Å². The largest absolute Gasteiger partial charge is 0.384 e. The lowest BCUT2D eigenvalue weighted by atomic mass is 10.4. The Morgan fingerprint density at radius 2 is 2.44 bits per heavy atom. The van der Waals surface area contributed by atoms with E-state index < -0.39 is 0 Å². The number of halogens is 1. The van der Waals surface area contributed by atoms with Gasteiger partial charge in [0.2, 0.25) is 5.13 Å². The summed E-state index contributed by atoms with van der Waals surface area (Å²) < 4.78 is 9.91. The number of thiophene rings is 1. The number of ether oxygens (including phenoxy) is 1. The molecule has 0 fully saturated rings. The Morgan fingerprint density at radius 3 is 3.12 bits per heavy atom. The molecule has 2 rings (SSSR count). The quantitative estimate of drug-likeness (QED) is 0.910. The van der Waals surface area contributed by atoms with E-state index in [1.54, 1.807) is 7.11 Å². The van der Waals surface area contributed by atoms with E-state index in [1.807, 2.05) is 11.4 Å². The van der Waals surface area contributed by atoms with Gasteiger partial charge in [0.15, 0.2) is 0 Å².